The van der Waals surface area contributed by atoms with Gasteiger partial charge in [0.2, 0.25) is 5.28 Å². The van der Waals surface area contributed by atoms with Crippen molar-refractivity contribution in [2.45, 2.75) is 31.0 Å². The largest absolute Gasteiger partial charge is 0.225 e. The molecule has 0 fully saturated rings. The summed E-state index contributed by atoms with van der Waals surface area (Å²) >= 11 is 10.8. The van der Waals surface area contributed by atoms with E-state index >= 15 is 0 Å². The molecule has 0 saturated heterocycles. The molecule has 1 rings (SSSR count). The number of rotatable bonds is 3. The Labute approximate surface area is 102 Å². The molecule has 0 amide bonds. The van der Waals surface area contributed by atoms with Gasteiger partial charge in [0, 0.05) is 11.4 Å². The van der Waals surface area contributed by atoms with Gasteiger partial charge in [-0.3, -0.25) is 0 Å². The van der Waals surface area contributed by atoms with E-state index in [1.807, 2.05) is 0 Å². The van der Waals surface area contributed by atoms with Crippen LogP contribution >= 0.6 is 39.3 Å². The van der Waals surface area contributed by atoms with Crippen molar-refractivity contribution in [2.24, 2.45) is 5.92 Å². The highest BCUT2D eigenvalue weighted by molar-refractivity contribution is 9.10. The molecule has 0 bridgehead atoms. The first-order valence-corrected chi connectivity index (χ1v) is 6.40. The van der Waals surface area contributed by atoms with E-state index in [4.69, 9.17) is 11.6 Å². The van der Waals surface area contributed by atoms with Gasteiger partial charge >= 0.3 is 0 Å². The van der Waals surface area contributed by atoms with Gasteiger partial charge < -0.3 is 0 Å². The van der Waals surface area contributed by atoms with Crippen LogP contribution in [0.25, 0.3) is 0 Å². The quantitative estimate of drug-likeness (QED) is 0.478. The molecule has 1 aromatic heterocycles. The maximum absolute atomic E-state index is 5.72. The monoisotopic (exact) mass is 294 g/mol. The maximum atomic E-state index is 5.72. The van der Waals surface area contributed by atoms with E-state index < -0.39 is 0 Å². The van der Waals surface area contributed by atoms with Crippen LogP contribution in [0.15, 0.2) is 15.7 Å². The second kappa shape index (κ2) is 5.33. The van der Waals surface area contributed by atoms with Crippen molar-refractivity contribution in [2.75, 3.05) is 0 Å². The molecule has 0 aliphatic carbocycles. The Bertz CT molecular complexity index is 320. The van der Waals surface area contributed by atoms with Crippen LogP contribution in [0.4, 0.5) is 0 Å². The summed E-state index contributed by atoms with van der Waals surface area (Å²) in [6.07, 6.45) is 1.69. The number of hydrogen-bond acceptors (Lipinski definition) is 3. The van der Waals surface area contributed by atoms with Crippen molar-refractivity contribution >= 4 is 39.3 Å². The highest BCUT2D eigenvalue weighted by Crippen LogP contribution is 2.31. The molecule has 1 aromatic rings. The smallest absolute Gasteiger partial charge is 0.223 e. The predicted octanol–water partition coefficient (Wildman–Crippen LogP) is 4.03. The maximum Gasteiger partial charge on any atom is 0.223 e. The lowest BCUT2D eigenvalue weighted by atomic mass is 10.2. The minimum Gasteiger partial charge on any atom is -0.225 e. The average molecular weight is 296 g/mol. The van der Waals surface area contributed by atoms with Gasteiger partial charge in [-0.2, -0.15) is 0 Å². The van der Waals surface area contributed by atoms with Crippen LogP contribution in [0.3, 0.4) is 0 Å². The molecule has 1 heterocycles. The van der Waals surface area contributed by atoms with E-state index in [9.17, 15) is 0 Å². The molecule has 14 heavy (non-hydrogen) atoms. The summed E-state index contributed by atoms with van der Waals surface area (Å²) in [7, 11) is 0. The zero-order valence-corrected chi connectivity index (χ0v) is 11.4. The van der Waals surface area contributed by atoms with E-state index in [1.165, 1.54) is 0 Å². The summed E-state index contributed by atoms with van der Waals surface area (Å²) in [6.45, 7) is 6.56. The van der Waals surface area contributed by atoms with Gasteiger partial charge in [0.15, 0.2) is 0 Å². The molecule has 78 valence electrons. The van der Waals surface area contributed by atoms with Crippen LogP contribution < -0.4 is 0 Å². The SMILES string of the molecule is CC(C)C(C)Sc1nc(Cl)ncc1Br. The van der Waals surface area contributed by atoms with Gasteiger partial charge in [-0.05, 0) is 33.4 Å². The molecule has 0 aromatic carbocycles. The van der Waals surface area contributed by atoms with Crippen molar-refractivity contribution in [1.29, 1.82) is 0 Å². The summed E-state index contributed by atoms with van der Waals surface area (Å²) in [5.41, 5.74) is 0. The molecule has 2 nitrogen and oxygen atoms in total. The lowest BCUT2D eigenvalue weighted by Gasteiger charge is -2.14. The van der Waals surface area contributed by atoms with Gasteiger partial charge in [0.05, 0.1) is 4.47 Å². The van der Waals surface area contributed by atoms with E-state index in [0.717, 1.165) is 9.50 Å². The summed E-state index contributed by atoms with van der Waals surface area (Å²) in [5, 5.41) is 1.72. The summed E-state index contributed by atoms with van der Waals surface area (Å²) < 4.78 is 0.902. The van der Waals surface area contributed by atoms with Crippen LogP contribution in [0.5, 0.6) is 0 Å². The average Bonchev–Trinajstić information content (AvgIpc) is 2.11. The van der Waals surface area contributed by atoms with Crippen LogP contribution in [-0.4, -0.2) is 15.2 Å². The minimum atomic E-state index is 0.298. The lowest BCUT2D eigenvalue weighted by Crippen LogP contribution is -2.06. The second-order valence-corrected chi connectivity index (χ2v) is 5.92. The Morgan fingerprint density at radius 1 is 1.43 bits per heavy atom. The fraction of sp³-hybridized carbons (Fsp3) is 0.556. The highest BCUT2D eigenvalue weighted by atomic mass is 79.9. The van der Waals surface area contributed by atoms with Gasteiger partial charge in [-0.25, -0.2) is 9.97 Å². The molecule has 0 N–H and O–H groups in total. The molecule has 1 unspecified atom stereocenters. The fourth-order valence-electron chi connectivity index (χ4n) is 0.726. The Balaban J connectivity index is 2.80. The van der Waals surface area contributed by atoms with Crippen molar-refractivity contribution in [1.82, 2.24) is 9.97 Å². The zero-order valence-electron chi connectivity index (χ0n) is 8.29. The number of halogens is 2. The summed E-state index contributed by atoms with van der Waals surface area (Å²) in [4.78, 5) is 8.05. The summed E-state index contributed by atoms with van der Waals surface area (Å²) in [5.74, 6) is 0.612. The van der Waals surface area contributed by atoms with Crippen LogP contribution in [0, 0.1) is 5.92 Å². The van der Waals surface area contributed by atoms with Crippen molar-refractivity contribution in [3.05, 3.63) is 16.0 Å². The molecule has 0 aliphatic heterocycles. The van der Waals surface area contributed by atoms with E-state index in [-0.39, 0.29) is 0 Å². The van der Waals surface area contributed by atoms with Crippen LogP contribution in [0.2, 0.25) is 5.28 Å². The highest BCUT2D eigenvalue weighted by Gasteiger charge is 2.12. The lowest BCUT2D eigenvalue weighted by molar-refractivity contribution is 0.641. The Kier molecular flexibility index (Phi) is 4.67. The number of thioether (sulfide) groups is 1. The molecule has 1 atom stereocenters. The van der Waals surface area contributed by atoms with E-state index in [2.05, 4.69) is 46.7 Å². The Hall–Kier alpha value is 0.200. The van der Waals surface area contributed by atoms with Gasteiger partial charge in [-0.15, -0.1) is 11.8 Å². The fourth-order valence-corrected chi connectivity index (χ4v) is 2.31. The normalized spacial score (nSPS) is 13.3. The topological polar surface area (TPSA) is 25.8 Å². The number of aromatic nitrogens is 2. The molecule has 0 aliphatic rings. The first-order valence-electron chi connectivity index (χ1n) is 4.35. The number of nitrogens with zero attached hydrogens (tertiary/aromatic N) is 2. The van der Waals surface area contributed by atoms with Gasteiger partial charge in [0.25, 0.3) is 0 Å². The van der Waals surface area contributed by atoms with Crippen molar-refractivity contribution in [3.63, 3.8) is 0 Å². The molecule has 0 spiro atoms. The van der Waals surface area contributed by atoms with Crippen LogP contribution in [-0.2, 0) is 0 Å². The minimum absolute atomic E-state index is 0.298. The molecular formula is C9H12BrClN2S. The summed E-state index contributed by atoms with van der Waals surface area (Å²) in [6, 6.07) is 0. The zero-order chi connectivity index (χ0) is 10.7. The van der Waals surface area contributed by atoms with Gasteiger partial charge in [-0.1, -0.05) is 20.8 Å². The van der Waals surface area contributed by atoms with E-state index in [1.54, 1.807) is 18.0 Å². The third-order valence-electron chi connectivity index (χ3n) is 1.92. The van der Waals surface area contributed by atoms with Crippen LogP contribution in [0.1, 0.15) is 20.8 Å². The van der Waals surface area contributed by atoms with Crippen molar-refractivity contribution in [3.8, 4) is 0 Å². The van der Waals surface area contributed by atoms with Crippen molar-refractivity contribution < 1.29 is 0 Å². The first-order chi connectivity index (χ1) is 6.50. The molecule has 5 heteroatoms. The molecular weight excluding hydrogens is 284 g/mol. The molecule has 0 saturated carbocycles. The third-order valence-corrected chi connectivity index (χ3v) is 4.39. The molecule has 0 radical (unpaired) electrons. The predicted molar refractivity (Wildman–Crippen MR) is 64.9 cm³/mol. The number of hydrogen-bond donors (Lipinski definition) is 0. The van der Waals surface area contributed by atoms with E-state index in [0.29, 0.717) is 16.5 Å². The Morgan fingerprint density at radius 3 is 2.64 bits per heavy atom. The second-order valence-electron chi connectivity index (χ2n) is 3.36. The standard InChI is InChI=1S/C9H12BrClN2S/c1-5(2)6(3)14-8-7(10)4-12-9(11)13-8/h4-6H,1-3H3. The Morgan fingerprint density at radius 2 is 2.07 bits per heavy atom. The first kappa shape index (κ1) is 12.3. The third kappa shape index (κ3) is 3.41. The van der Waals surface area contributed by atoms with Gasteiger partial charge in [0.1, 0.15) is 5.03 Å².